The summed E-state index contributed by atoms with van der Waals surface area (Å²) >= 11 is 0. The summed E-state index contributed by atoms with van der Waals surface area (Å²) in [4.78, 5) is 72.9. The van der Waals surface area contributed by atoms with Crippen molar-refractivity contribution >= 4 is 39.5 Å². The number of allylic oxidation sites excluding steroid dienone is 20. The zero-order valence-electron chi connectivity index (χ0n) is 62.6. The Bertz CT molecular complexity index is 2370. The molecule has 0 aliphatic rings. The zero-order valence-corrected chi connectivity index (χ0v) is 64.4. The average Bonchev–Trinajstić information content (AvgIpc) is 1.02. The quantitative estimate of drug-likeness (QED) is 0.0169. The molecule has 0 bridgehead atoms. The first-order valence-corrected chi connectivity index (χ1v) is 41.8. The first kappa shape index (κ1) is 95.5. The van der Waals surface area contributed by atoms with E-state index < -0.39 is 97.5 Å². The van der Waals surface area contributed by atoms with Gasteiger partial charge < -0.3 is 33.8 Å². The molecule has 0 aliphatic heterocycles. The van der Waals surface area contributed by atoms with E-state index in [1.54, 1.807) is 0 Å². The molecule has 0 amide bonds. The second-order valence-corrected chi connectivity index (χ2v) is 28.4. The second kappa shape index (κ2) is 72.8. The molecule has 17 nitrogen and oxygen atoms in total. The van der Waals surface area contributed by atoms with Gasteiger partial charge in [0.2, 0.25) is 0 Å². The maximum atomic E-state index is 13.1. The van der Waals surface area contributed by atoms with Gasteiger partial charge in [-0.1, -0.05) is 258 Å². The van der Waals surface area contributed by atoms with E-state index in [0.717, 1.165) is 193 Å². The molecule has 3 N–H and O–H groups in total. The smallest absolute Gasteiger partial charge is 0.462 e. The van der Waals surface area contributed by atoms with Crippen LogP contribution in [-0.2, 0) is 65.4 Å². The molecule has 0 saturated heterocycles. The zero-order chi connectivity index (χ0) is 73.2. The molecule has 19 heteroatoms. The molecule has 0 radical (unpaired) electrons. The van der Waals surface area contributed by atoms with Crippen LogP contribution < -0.4 is 0 Å². The maximum absolute atomic E-state index is 13.1. The molecule has 0 fully saturated rings. The predicted molar refractivity (Wildman–Crippen MR) is 408 cm³/mol. The Balaban J connectivity index is 5.34. The average molecular weight is 1450 g/mol. The molecule has 574 valence electrons. The molecule has 0 spiro atoms. The number of phosphoric ester groups is 2. The fourth-order valence-electron chi connectivity index (χ4n) is 10.0. The highest BCUT2D eigenvalue weighted by Crippen LogP contribution is 2.45. The van der Waals surface area contributed by atoms with Crippen LogP contribution in [0.4, 0.5) is 0 Å². The number of rotatable bonds is 72. The van der Waals surface area contributed by atoms with Crippen LogP contribution in [-0.4, -0.2) is 96.7 Å². The Hall–Kier alpha value is -4.54. The van der Waals surface area contributed by atoms with E-state index in [9.17, 15) is 43.2 Å². The molecule has 0 aromatic rings. The molecular formula is C81H138O17P2. The van der Waals surface area contributed by atoms with Crippen LogP contribution in [0.15, 0.2) is 122 Å². The number of hydrogen-bond acceptors (Lipinski definition) is 15. The Morgan fingerprint density at radius 2 is 0.530 bits per heavy atom. The van der Waals surface area contributed by atoms with Gasteiger partial charge in [0, 0.05) is 25.7 Å². The van der Waals surface area contributed by atoms with Crippen molar-refractivity contribution in [2.24, 2.45) is 0 Å². The number of esters is 4. The number of aliphatic hydroxyl groups excluding tert-OH is 1. The molecule has 5 unspecified atom stereocenters. The van der Waals surface area contributed by atoms with Gasteiger partial charge in [0.05, 0.1) is 26.4 Å². The lowest BCUT2D eigenvalue weighted by atomic mass is 10.1. The number of carbonyl (C=O) groups excluding carboxylic acids is 4. The first-order valence-electron chi connectivity index (χ1n) is 38.8. The van der Waals surface area contributed by atoms with Crippen molar-refractivity contribution in [3.63, 3.8) is 0 Å². The largest absolute Gasteiger partial charge is 0.472 e. The van der Waals surface area contributed by atoms with Gasteiger partial charge in [0.1, 0.15) is 19.3 Å². The summed E-state index contributed by atoms with van der Waals surface area (Å²) in [6.45, 7) is 4.54. The van der Waals surface area contributed by atoms with E-state index in [0.29, 0.717) is 25.7 Å². The Morgan fingerprint density at radius 3 is 0.840 bits per heavy atom. The predicted octanol–water partition coefficient (Wildman–Crippen LogP) is 22.3. The van der Waals surface area contributed by atoms with E-state index >= 15 is 0 Å². The van der Waals surface area contributed by atoms with Gasteiger partial charge in [-0.05, 0) is 148 Å². The molecule has 100 heavy (non-hydrogen) atoms. The summed E-state index contributed by atoms with van der Waals surface area (Å²) < 4.78 is 68.4. The van der Waals surface area contributed by atoms with Gasteiger partial charge in [-0.3, -0.25) is 37.3 Å². The van der Waals surface area contributed by atoms with Crippen LogP contribution >= 0.6 is 15.6 Å². The fourth-order valence-corrected chi connectivity index (χ4v) is 11.6. The van der Waals surface area contributed by atoms with E-state index in [-0.39, 0.29) is 25.7 Å². The number of carbonyl (C=O) groups is 4. The highest BCUT2D eigenvalue weighted by Gasteiger charge is 2.30. The third-order valence-corrected chi connectivity index (χ3v) is 17.8. The summed E-state index contributed by atoms with van der Waals surface area (Å²) in [5.41, 5.74) is 0. The topological polar surface area (TPSA) is 237 Å². The van der Waals surface area contributed by atoms with Crippen molar-refractivity contribution in [1.82, 2.24) is 0 Å². The minimum atomic E-state index is -4.98. The van der Waals surface area contributed by atoms with Crippen molar-refractivity contribution < 1.29 is 80.2 Å². The SMILES string of the molecule is CC/C=C\C/C=C\C/C=C\C/C=C\CCCCCCCCC(=O)OCC(COP(=O)(O)OCC(O)COP(=O)(O)OCC(COC(=O)CCCCCC/C=C\C/C=C\C/C=C\C/C=C\CC)OC(=O)CCCCCCC/C=C\CCCCCC)OC(=O)CCCCCCC/C=C\CCCC. The van der Waals surface area contributed by atoms with E-state index in [2.05, 4.69) is 149 Å². The van der Waals surface area contributed by atoms with Crippen molar-refractivity contribution in [3.8, 4) is 0 Å². The van der Waals surface area contributed by atoms with Gasteiger partial charge in [0.15, 0.2) is 12.2 Å². The highest BCUT2D eigenvalue weighted by atomic mass is 31.2. The molecule has 0 rings (SSSR count). The molecule has 5 atom stereocenters. The van der Waals surface area contributed by atoms with E-state index in [4.69, 9.17) is 37.0 Å². The van der Waals surface area contributed by atoms with Crippen molar-refractivity contribution in [3.05, 3.63) is 122 Å². The van der Waals surface area contributed by atoms with Gasteiger partial charge in [-0.25, -0.2) is 9.13 Å². The highest BCUT2D eigenvalue weighted by molar-refractivity contribution is 7.47. The van der Waals surface area contributed by atoms with Crippen molar-refractivity contribution in [2.45, 2.75) is 329 Å². The standard InChI is InChI=1S/C81H138O17P2/c1-5-9-13-17-21-25-29-32-34-36-37-39-41-44-47-50-54-58-62-66-78(83)91-71-76(97-80(85)67-63-59-55-51-45-28-24-20-16-12-8-4)73-95-99(87,88)93-69-75(82)70-94-100(89,90)96-74-77(98-81(86)68-64-60-56-52-48-42-31-27-23-19-15-11-7-3)72-92-79(84)65-61-57-53-49-46-43-40-38-35-33-30-26-22-18-14-10-6-2/h9-10,13-14,20-22,24-27,31-35,37,39-40,43,75-77,82H,5-8,11-12,15-19,23,28-30,36,38,41-42,44-74H2,1-4H3,(H,87,88)(H,89,90)/b13-9-,14-10-,24-20-,25-21-,26-22-,31-27-,34-32-,35-33-,39-37-,43-40-. The normalized spacial score (nSPS) is 14.6. The molecule has 0 aliphatic carbocycles. The van der Waals surface area contributed by atoms with Crippen molar-refractivity contribution in [2.75, 3.05) is 39.6 Å². The third-order valence-electron chi connectivity index (χ3n) is 15.9. The fraction of sp³-hybridized carbons (Fsp3) is 0.704. The number of ether oxygens (including phenoxy) is 4. The summed E-state index contributed by atoms with van der Waals surface area (Å²) in [6, 6.07) is 0. The summed E-state index contributed by atoms with van der Waals surface area (Å²) in [5, 5.41) is 10.6. The van der Waals surface area contributed by atoms with E-state index in [1.807, 2.05) is 0 Å². The molecule has 0 aromatic carbocycles. The van der Waals surface area contributed by atoms with Crippen LogP contribution in [0.3, 0.4) is 0 Å². The molecule has 0 aromatic heterocycles. The summed E-state index contributed by atoms with van der Waals surface area (Å²) in [5.74, 6) is -2.23. The Kier molecular flexibility index (Phi) is 69.5. The van der Waals surface area contributed by atoms with Gasteiger partial charge in [-0.2, -0.15) is 0 Å². The number of hydrogen-bond donors (Lipinski definition) is 3. The number of phosphoric acid groups is 2. The van der Waals surface area contributed by atoms with Crippen LogP contribution in [0.5, 0.6) is 0 Å². The minimum absolute atomic E-state index is 0.0775. The lowest BCUT2D eigenvalue weighted by molar-refractivity contribution is -0.161. The first-order chi connectivity index (χ1) is 48.7. The third kappa shape index (κ3) is 71.8. The van der Waals surface area contributed by atoms with E-state index in [1.165, 1.54) is 38.5 Å². The lowest BCUT2D eigenvalue weighted by Gasteiger charge is -2.21. The van der Waals surface area contributed by atoms with Gasteiger partial charge >= 0.3 is 39.5 Å². The van der Waals surface area contributed by atoms with Crippen molar-refractivity contribution in [1.29, 1.82) is 0 Å². The van der Waals surface area contributed by atoms with Gasteiger partial charge in [-0.15, -0.1) is 0 Å². The lowest BCUT2D eigenvalue weighted by Crippen LogP contribution is -2.30. The van der Waals surface area contributed by atoms with Gasteiger partial charge in [0.25, 0.3) is 0 Å². The number of unbranched alkanes of at least 4 members (excludes halogenated alkanes) is 26. The van der Waals surface area contributed by atoms with Crippen LogP contribution in [0.1, 0.15) is 310 Å². The minimum Gasteiger partial charge on any atom is -0.462 e. The Labute approximate surface area is 606 Å². The van der Waals surface area contributed by atoms with Crippen LogP contribution in [0.2, 0.25) is 0 Å². The monoisotopic (exact) mass is 1440 g/mol. The van der Waals surface area contributed by atoms with Crippen LogP contribution in [0, 0.1) is 0 Å². The molecular weight excluding hydrogens is 1310 g/mol. The molecule has 0 heterocycles. The number of aliphatic hydroxyl groups is 1. The molecule has 0 saturated carbocycles. The Morgan fingerprint density at radius 1 is 0.290 bits per heavy atom. The summed E-state index contributed by atoms with van der Waals surface area (Å²) in [6.07, 6.45) is 79.0. The summed E-state index contributed by atoms with van der Waals surface area (Å²) in [7, 11) is -9.96. The second-order valence-electron chi connectivity index (χ2n) is 25.5. The maximum Gasteiger partial charge on any atom is 0.472 e. The van der Waals surface area contributed by atoms with Crippen LogP contribution in [0.25, 0.3) is 0 Å².